The van der Waals surface area contributed by atoms with Crippen molar-refractivity contribution >= 4 is 23.2 Å². The van der Waals surface area contributed by atoms with Crippen LogP contribution < -0.4 is 4.74 Å². The van der Waals surface area contributed by atoms with Crippen LogP contribution in [0.2, 0.25) is 5.28 Å². The van der Waals surface area contributed by atoms with E-state index in [9.17, 15) is 0 Å². The zero-order valence-corrected chi connectivity index (χ0v) is 9.71. The third kappa shape index (κ3) is 2.95. The predicted molar refractivity (Wildman–Crippen MR) is 59.6 cm³/mol. The van der Waals surface area contributed by atoms with Crippen LogP contribution in [0.3, 0.4) is 0 Å². The van der Waals surface area contributed by atoms with Crippen LogP contribution in [0.15, 0.2) is 12.3 Å². The molecule has 1 fully saturated rings. The van der Waals surface area contributed by atoms with E-state index in [1.807, 2.05) is 0 Å². The van der Waals surface area contributed by atoms with Crippen LogP contribution >= 0.6 is 23.2 Å². The maximum absolute atomic E-state index is 6.17. The lowest BCUT2D eigenvalue weighted by atomic mass is 9.97. The highest BCUT2D eigenvalue weighted by Crippen LogP contribution is 2.26. The molecular formula is C10H12Cl2N2O. The van der Waals surface area contributed by atoms with Gasteiger partial charge < -0.3 is 4.74 Å². The predicted octanol–water partition coefficient (Wildman–Crippen LogP) is 3.06. The van der Waals surface area contributed by atoms with Crippen molar-refractivity contribution < 1.29 is 4.74 Å². The summed E-state index contributed by atoms with van der Waals surface area (Å²) < 4.78 is 5.68. The van der Waals surface area contributed by atoms with Gasteiger partial charge in [-0.15, -0.1) is 11.6 Å². The summed E-state index contributed by atoms with van der Waals surface area (Å²) in [5, 5.41) is 0.280. The summed E-state index contributed by atoms with van der Waals surface area (Å²) in [5.41, 5.74) is 0. The largest absolute Gasteiger partial charge is 0.473 e. The van der Waals surface area contributed by atoms with Crippen molar-refractivity contribution in [3.63, 3.8) is 0 Å². The number of hydrogen-bond donors (Lipinski definition) is 0. The summed E-state index contributed by atoms with van der Waals surface area (Å²) in [6.45, 7) is 0. The van der Waals surface area contributed by atoms with Crippen LogP contribution in [0.4, 0.5) is 0 Å². The van der Waals surface area contributed by atoms with Gasteiger partial charge in [-0.05, 0) is 30.9 Å². The monoisotopic (exact) mass is 246 g/mol. The van der Waals surface area contributed by atoms with Crippen LogP contribution in [-0.2, 0) is 0 Å². The molecule has 3 nitrogen and oxygen atoms in total. The first-order chi connectivity index (χ1) is 7.25. The first-order valence-electron chi connectivity index (χ1n) is 5.05. The number of nitrogens with zero attached hydrogens (tertiary/aromatic N) is 2. The van der Waals surface area contributed by atoms with E-state index in [0.717, 1.165) is 19.3 Å². The van der Waals surface area contributed by atoms with Gasteiger partial charge in [-0.3, -0.25) is 0 Å². The van der Waals surface area contributed by atoms with Gasteiger partial charge in [-0.1, -0.05) is 6.42 Å². The lowest BCUT2D eigenvalue weighted by Crippen LogP contribution is -2.31. The molecule has 1 saturated carbocycles. The van der Waals surface area contributed by atoms with Gasteiger partial charge in [0.25, 0.3) is 0 Å². The first-order valence-corrected chi connectivity index (χ1v) is 5.86. The van der Waals surface area contributed by atoms with Crippen molar-refractivity contribution in [1.29, 1.82) is 0 Å². The molecule has 15 heavy (non-hydrogen) atoms. The molecule has 2 rings (SSSR count). The summed E-state index contributed by atoms with van der Waals surface area (Å²) in [6.07, 6.45) is 5.95. The molecule has 1 aliphatic rings. The van der Waals surface area contributed by atoms with Gasteiger partial charge >= 0.3 is 0 Å². The Balaban J connectivity index is 2.01. The summed E-state index contributed by atoms with van der Waals surface area (Å²) in [6, 6.07) is 1.70. The highest BCUT2D eigenvalue weighted by molar-refractivity contribution is 6.28. The van der Waals surface area contributed by atoms with Crippen molar-refractivity contribution in [3.05, 3.63) is 17.5 Å². The summed E-state index contributed by atoms with van der Waals surface area (Å²) in [7, 11) is 0. The second-order valence-electron chi connectivity index (χ2n) is 3.62. The van der Waals surface area contributed by atoms with Crippen LogP contribution in [0.1, 0.15) is 25.7 Å². The molecular weight excluding hydrogens is 235 g/mol. The fraction of sp³-hybridized carbons (Fsp3) is 0.600. The third-order valence-corrected chi connectivity index (χ3v) is 3.18. The summed E-state index contributed by atoms with van der Waals surface area (Å²) in [5.74, 6) is 0.507. The SMILES string of the molecule is Clc1nccc(OC2CCCCC2Cl)n1. The second-order valence-corrected chi connectivity index (χ2v) is 4.52. The minimum atomic E-state index is 0.0476. The number of aromatic nitrogens is 2. The third-order valence-electron chi connectivity index (χ3n) is 2.49. The zero-order chi connectivity index (χ0) is 10.7. The van der Waals surface area contributed by atoms with E-state index in [1.54, 1.807) is 12.3 Å². The molecule has 0 N–H and O–H groups in total. The van der Waals surface area contributed by atoms with Crippen LogP contribution in [0.5, 0.6) is 5.88 Å². The standard InChI is InChI=1S/C10H12Cl2N2O/c11-7-3-1-2-4-8(7)15-9-5-6-13-10(12)14-9/h5-8H,1-4H2. The number of hydrogen-bond acceptors (Lipinski definition) is 3. The van der Waals surface area contributed by atoms with E-state index >= 15 is 0 Å². The molecule has 0 aliphatic heterocycles. The van der Waals surface area contributed by atoms with Gasteiger partial charge in [0, 0.05) is 12.3 Å². The Kier molecular flexibility index (Phi) is 3.65. The molecule has 5 heteroatoms. The van der Waals surface area contributed by atoms with Crippen LogP contribution in [0, 0.1) is 0 Å². The van der Waals surface area contributed by atoms with Crippen LogP contribution in [-0.4, -0.2) is 21.4 Å². The second kappa shape index (κ2) is 4.99. The quantitative estimate of drug-likeness (QED) is 0.595. The Morgan fingerprint density at radius 1 is 1.33 bits per heavy atom. The fourth-order valence-electron chi connectivity index (χ4n) is 1.72. The average molecular weight is 247 g/mol. The number of ether oxygens (including phenoxy) is 1. The van der Waals surface area contributed by atoms with Gasteiger partial charge in [-0.25, -0.2) is 4.98 Å². The lowest BCUT2D eigenvalue weighted by molar-refractivity contribution is 0.152. The van der Waals surface area contributed by atoms with Crippen molar-refractivity contribution in [1.82, 2.24) is 9.97 Å². The Bertz CT molecular complexity index is 335. The van der Waals surface area contributed by atoms with E-state index in [4.69, 9.17) is 27.9 Å². The molecule has 0 amide bonds. The van der Waals surface area contributed by atoms with E-state index in [0.29, 0.717) is 5.88 Å². The molecule has 2 atom stereocenters. The first kappa shape index (κ1) is 11.0. The maximum Gasteiger partial charge on any atom is 0.225 e. The molecule has 0 spiro atoms. The van der Waals surface area contributed by atoms with Gasteiger partial charge in [0.15, 0.2) is 0 Å². The topological polar surface area (TPSA) is 35.0 Å². The van der Waals surface area contributed by atoms with Gasteiger partial charge in [0.1, 0.15) is 6.10 Å². The Morgan fingerprint density at radius 3 is 2.87 bits per heavy atom. The molecule has 0 radical (unpaired) electrons. The Labute approximate surface area is 98.8 Å². The smallest absolute Gasteiger partial charge is 0.225 e. The molecule has 0 bridgehead atoms. The van der Waals surface area contributed by atoms with Crippen LogP contribution in [0.25, 0.3) is 0 Å². The molecule has 1 aliphatic carbocycles. The average Bonchev–Trinajstić information content (AvgIpc) is 2.22. The minimum absolute atomic E-state index is 0.0476. The molecule has 1 heterocycles. The maximum atomic E-state index is 6.17. The van der Waals surface area contributed by atoms with Crippen molar-refractivity contribution in [2.45, 2.75) is 37.2 Å². The lowest BCUT2D eigenvalue weighted by Gasteiger charge is -2.27. The molecule has 1 aromatic heterocycles. The number of rotatable bonds is 2. The van der Waals surface area contributed by atoms with E-state index in [1.165, 1.54) is 6.42 Å². The number of halogens is 2. The van der Waals surface area contributed by atoms with Gasteiger partial charge in [-0.2, -0.15) is 4.98 Å². The Morgan fingerprint density at radius 2 is 2.13 bits per heavy atom. The van der Waals surface area contributed by atoms with E-state index in [-0.39, 0.29) is 16.8 Å². The summed E-state index contributed by atoms with van der Waals surface area (Å²) >= 11 is 11.8. The molecule has 82 valence electrons. The summed E-state index contributed by atoms with van der Waals surface area (Å²) in [4.78, 5) is 7.77. The highest BCUT2D eigenvalue weighted by Gasteiger charge is 2.25. The minimum Gasteiger partial charge on any atom is -0.473 e. The van der Waals surface area contributed by atoms with Crippen molar-refractivity contribution in [3.8, 4) is 5.88 Å². The zero-order valence-electron chi connectivity index (χ0n) is 8.20. The normalized spacial score (nSPS) is 26.3. The molecule has 0 saturated heterocycles. The number of alkyl halides is 1. The van der Waals surface area contributed by atoms with Crippen molar-refractivity contribution in [2.24, 2.45) is 0 Å². The molecule has 2 unspecified atom stereocenters. The van der Waals surface area contributed by atoms with Crippen molar-refractivity contribution in [2.75, 3.05) is 0 Å². The van der Waals surface area contributed by atoms with Gasteiger partial charge in [0.2, 0.25) is 11.2 Å². The Hall–Kier alpha value is -0.540. The van der Waals surface area contributed by atoms with E-state index in [2.05, 4.69) is 9.97 Å². The molecule has 0 aromatic carbocycles. The fourth-order valence-corrected chi connectivity index (χ4v) is 2.20. The van der Waals surface area contributed by atoms with E-state index < -0.39 is 0 Å². The molecule has 1 aromatic rings. The van der Waals surface area contributed by atoms with Gasteiger partial charge in [0.05, 0.1) is 5.38 Å². The highest BCUT2D eigenvalue weighted by atomic mass is 35.5.